The Morgan fingerprint density at radius 2 is 1.54 bits per heavy atom. The molecule has 0 amide bonds. The summed E-state index contributed by atoms with van der Waals surface area (Å²) in [7, 11) is -3.50. The van der Waals surface area contributed by atoms with Crippen LogP contribution in [0, 0.1) is 19.3 Å². The van der Waals surface area contributed by atoms with Gasteiger partial charge in [0.15, 0.2) is 9.84 Å². The molecule has 0 aliphatic heterocycles. The van der Waals surface area contributed by atoms with Crippen molar-refractivity contribution in [2.45, 2.75) is 36.8 Å². The highest BCUT2D eigenvalue weighted by Crippen LogP contribution is 2.63. The number of hydrogen-bond donors (Lipinski definition) is 1. The molecule has 0 spiro atoms. The number of sulfone groups is 1. The fourth-order valence-corrected chi connectivity index (χ4v) is 6.31. The van der Waals surface area contributed by atoms with E-state index in [4.69, 9.17) is 10.5 Å². The summed E-state index contributed by atoms with van der Waals surface area (Å²) < 4.78 is 32.4. The molecule has 1 aliphatic carbocycles. The first-order chi connectivity index (χ1) is 12.4. The highest BCUT2D eigenvalue weighted by Gasteiger charge is 2.70. The number of benzene rings is 2. The smallest absolute Gasteiger partial charge is 0.182 e. The van der Waals surface area contributed by atoms with Gasteiger partial charge in [0.25, 0.3) is 0 Å². The van der Waals surface area contributed by atoms with Gasteiger partial charge in [0, 0.05) is 24.5 Å². The first-order valence-electron chi connectivity index (χ1n) is 9.02. The van der Waals surface area contributed by atoms with E-state index in [2.05, 4.69) is 0 Å². The molecular weight excluding hydrogens is 346 g/mol. The summed E-state index contributed by atoms with van der Waals surface area (Å²) in [4.78, 5) is 0.358. The molecular formula is C21H27NO3S. The standard InChI is InChI=1S/C21H27NO3S/c1-4-25-14-21(13-22)19(17-9-5-15(2)6-10-17)20(21)26(23,24)18-11-7-16(3)8-12-18/h5-12,19-20H,4,13-14,22H2,1-3H3/t19-,20-,21-/m0/s1. The van der Waals surface area contributed by atoms with Crippen molar-refractivity contribution in [3.63, 3.8) is 0 Å². The van der Waals surface area contributed by atoms with Crippen molar-refractivity contribution in [1.82, 2.24) is 0 Å². The van der Waals surface area contributed by atoms with Crippen LogP contribution >= 0.6 is 0 Å². The van der Waals surface area contributed by atoms with Crippen molar-refractivity contribution < 1.29 is 13.2 Å². The molecule has 1 fully saturated rings. The molecule has 0 unspecified atom stereocenters. The summed E-state index contributed by atoms with van der Waals surface area (Å²) in [6.45, 7) is 7.06. The fraction of sp³-hybridized carbons (Fsp3) is 0.429. The van der Waals surface area contributed by atoms with Crippen molar-refractivity contribution >= 4 is 9.84 Å². The molecule has 1 aliphatic rings. The zero-order chi connectivity index (χ0) is 18.9. The number of rotatable bonds is 7. The van der Waals surface area contributed by atoms with E-state index in [0.29, 0.717) is 18.1 Å². The Bertz CT molecular complexity index is 859. The molecule has 2 N–H and O–H groups in total. The van der Waals surface area contributed by atoms with Gasteiger partial charge in [-0.2, -0.15) is 0 Å². The molecule has 5 heteroatoms. The van der Waals surface area contributed by atoms with Crippen LogP contribution in [0.15, 0.2) is 53.4 Å². The average Bonchev–Trinajstić information content (AvgIpc) is 3.31. The van der Waals surface area contributed by atoms with E-state index in [9.17, 15) is 8.42 Å². The lowest BCUT2D eigenvalue weighted by Gasteiger charge is -2.16. The predicted octanol–water partition coefficient (Wildman–Crippen LogP) is 3.22. The lowest BCUT2D eigenvalue weighted by atomic mass is 9.99. The lowest BCUT2D eigenvalue weighted by molar-refractivity contribution is 0.101. The summed E-state index contributed by atoms with van der Waals surface area (Å²) in [5, 5.41) is -0.558. The molecule has 3 atom stereocenters. The maximum absolute atomic E-state index is 13.4. The van der Waals surface area contributed by atoms with Crippen molar-refractivity contribution in [3.8, 4) is 0 Å². The van der Waals surface area contributed by atoms with E-state index in [1.807, 2.05) is 57.2 Å². The Labute approximate surface area is 156 Å². The van der Waals surface area contributed by atoms with Crippen LogP contribution in [0.3, 0.4) is 0 Å². The van der Waals surface area contributed by atoms with Gasteiger partial charge >= 0.3 is 0 Å². The molecule has 1 saturated carbocycles. The van der Waals surface area contributed by atoms with Crippen LogP contribution in [-0.2, 0) is 14.6 Å². The topological polar surface area (TPSA) is 69.4 Å². The summed E-state index contributed by atoms with van der Waals surface area (Å²) in [6, 6.07) is 15.1. The summed E-state index contributed by atoms with van der Waals surface area (Å²) in [6.07, 6.45) is 0. The molecule has 2 aromatic carbocycles. The molecule has 140 valence electrons. The minimum absolute atomic E-state index is 0.147. The van der Waals surface area contributed by atoms with Crippen LogP contribution in [0.5, 0.6) is 0 Å². The van der Waals surface area contributed by atoms with E-state index in [1.54, 1.807) is 12.1 Å². The average molecular weight is 374 g/mol. The first-order valence-corrected chi connectivity index (χ1v) is 10.6. The van der Waals surface area contributed by atoms with Crippen LogP contribution < -0.4 is 5.73 Å². The van der Waals surface area contributed by atoms with Crippen molar-refractivity contribution in [2.75, 3.05) is 19.8 Å². The third-order valence-corrected chi connectivity index (χ3v) is 7.79. The summed E-state index contributed by atoms with van der Waals surface area (Å²) in [5.74, 6) is -0.147. The van der Waals surface area contributed by atoms with Crippen LogP contribution in [0.25, 0.3) is 0 Å². The number of nitrogens with two attached hydrogens (primary N) is 1. The molecule has 0 heterocycles. The van der Waals surface area contributed by atoms with E-state index in [-0.39, 0.29) is 12.5 Å². The van der Waals surface area contributed by atoms with Gasteiger partial charge in [-0.15, -0.1) is 0 Å². The van der Waals surface area contributed by atoms with Crippen LogP contribution in [0.1, 0.15) is 29.5 Å². The van der Waals surface area contributed by atoms with Crippen molar-refractivity contribution in [2.24, 2.45) is 11.1 Å². The highest BCUT2D eigenvalue weighted by atomic mass is 32.2. The van der Waals surface area contributed by atoms with Gasteiger partial charge in [0.1, 0.15) is 0 Å². The van der Waals surface area contributed by atoms with Gasteiger partial charge in [-0.3, -0.25) is 0 Å². The van der Waals surface area contributed by atoms with Gasteiger partial charge in [-0.25, -0.2) is 8.42 Å². The zero-order valence-corrected chi connectivity index (χ0v) is 16.4. The minimum atomic E-state index is -3.50. The normalized spacial score (nSPS) is 25.2. The molecule has 4 nitrogen and oxygen atoms in total. The van der Waals surface area contributed by atoms with Gasteiger partial charge in [0.2, 0.25) is 0 Å². The van der Waals surface area contributed by atoms with E-state index in [0.717, 1.165) is 16.7 Å². The Hall–Kier alpha value is -1.69. The molecule has 0 radical (unpaired) electrons. The quantitative estimate of drug-likeness (QED) is 0.809. The van der Waals surface area contributed by atoms with Crippen molar-refractivity contribution in [3.05, 3.63) is 65.2 Å². The molecule has 0 bridgehead atoms. The molecule has 26 heavy (non-hydrogen) atoms. The second kappa shape index (κ2) is 7.14. The minimum Gasteiger partial charge on any atom is -0.381 e. The SMILES string of the molecule is CCOC[C@@]1(CN)[C@@H](c2ccc(C)cc2)[C@@H]1S(=O)(=O)c1ccc(C)cc1. The Kier molecular flexibility index (Phi) is 5.24. The number of ether oxygens (including phenoxy) is 1. The maximum atomic E-state index is 13.4. The van der Waals surface area contributed by atoms with Crippen LogP contribution in [0.4, 0.5) is 0 Å². The lowest BCUT2D eigenvalue weighted by Crippen LogP contribution is -2.29. The zero-order valence-electron chi connectivity index (χ0n) is 15.6. The molecule has 2 aromatic rings. The fourth-order valence-electron chi connectivity index (χ4n) is 3.86. The van der Waals surface area contributed by atoms with Gasteiger partial charge in [-0.1, -0.05) is 47.5 Å². The third kappa shape index (κ3) is 3.20. The van der Waals surface area contributed by atoms with E-state index >= 15 is 0 Å². The van der Waals surface area contributed by atoms with Gasteiger partial charge < -0.3 is 10.5 Å². The summed E-state index contributed by atoms with van der Waals surface area (Å²) in [5.41, 5.74) is 8.74. The van der Waals surface area contributed by atoms with Crippen LogP contribution in [0.2, 0.25) is 0 Å². The van der Waals surface area contributed by atoms with Crippen LogP contribution in [-0.4, -0.2) is 33.4 Å². The predicted molar refractivity (Wildman–Crippen MR) is 104 cm³/mol. The Morgan fingerprint density at radius 1 is 1.00 bits per heavy atom. The van der Waals surface area contributed by atoms with Gasteiger partial charge in [-0.05, 0) is 38.5 Å². The molecule has 0 aromatic heterocycles. The third-order valence-electron chi connectivity index (χ3n) is 5.45. The van der Waals surface area contributed by atoms with E-state index < -0.39 is 20.5 Å². The first kappa shape index (κ1) is 19.1. The molecule has 3 rings (SSSR count). The van der Waals surface area contributed by atoms with Crippen molar-refractivity contribution in [1.29, 1.82) is 0 Å². The van der Waals surface area contributed by atoms with E-state index in [1.165, 1.54) is 0 Å². The largest absolute Gasteiger partial charge is 0.381 e. The monoisotopic (exact) mass is 373 g/mol. The number of hydrogen-bond acceptors (Lipinski definition) is 4. The number of aryl methyl sites for hydroxylation is 2. The van der Waals surface area contributed by atoms with Gasteiger partial charge in [0.05, 0.1) is 16.8 Å². The highest BCUT2D eigenvalue weighted by molar-refractivity contribution is 7.92. The summed E-state index contributed by atoms with van der Waals surface area (Å²) >= 11 is 0. The second-order valence-corrected chi connectivity index (χ2v) is 9.31. The maximum Gasteiger partial charge on any atom is 0.182 e. The Balaban J connectivity index is 2.03. The second-order valence-electron chi connectivity index (χ2n) is 7.24. The Morgan fingerprint density at radius 3 is 2.04 bits per heavy atom. The molecule has 0 saturated heterocycles.